The van der Waals surface area contributed by atoms with Crippen molar-refractivity contribution in [1.82, 2.24) is 9.55 Å². The number of carbonyl (C=O) groups excluding carboxylic acids is 1. The second-order valence-electron chi connectivity index (χ2n) is 7.16. The molecule has 7 heteroatoms. The molecule has 0 unspecified atom stereocenters. The molecule has 0 fully saturated rings. The molecule has 0 bridgehead atoms. The van der Waals surface area contributed by atoms with E-state index in [0.717, 1.165) is 29.7 Å². The zero-order valence-electron chi connectivity index (χ0n) is 15.2. The van der Waals surface area contributed by atoms with Crippen molar-refractivity contribution in [1.29, 1.82) is 0 Å². The number of benzene rings is 1. The van der Waals surface area contributed by atoms with Crippen LogP contribution in [0.4, 0.5) is 10.1 Å². The maximum Gasteiger partial charge on any atom is 0.263 e. The number of thiophene rings is 1. The van der Waals surface area contributed by atoms with E-state index in [1.807, 2.05) is 0 Å². The first-order valence-electron chi connectivity index (χ1n) is 9.02. The van der Waals surface area contributed by atoms with Crippen molar-refractivity contribution in [2.24, 2.45) is 5.92 Å². The van der Waals surface area contributed by atoms with Crippen LogP contribution in [0.1, 0.15) is 36.8 Å². The Morgan fingerprint density at radius 3 is 2.85 bits per heavy atom. The molecule has 2 atom stereocenters. The number of fused-ring (bicyclic) bond motifs is 3. The van der Waals surface area contributed by atoms with Crippen LogP contribution in [0.3, 0.4) is 0 Å². The number of anilines is 1. The molecule has 5 nitrogen and oxygen atoms in total. The molecule has 1 aliphatic carbocycles. The number of halogens is 1. The molecule has 0 saturated carbocycles. The topological polar surface area (TPSA) is 64.0 Å². The smallest absolute Gasteiger partial charge is 0.263 e. The molecule has 0 spiro atoms. The van der Waals surface area contributed by atoms with E-state index < -0.39 is 6.04 Å². The molecule has 1 N–H and O–H groups in total. The van der Waals surface area contributed by atoms with Crippen molar-refractivity contribution in [3.8, 4) is 0 Å². The van der Waals surface area contributed by atoms with Gasteiger partial charge >= 0.3 is 0 Å². The number of nitrogens with one attached hydrogen (secondary N) is 1. The summed E-state index contributed by atoms with van der Waals surface area (Å²) in [6.45, 7) is 3.88. The van der Waals surface area contributed by atoms with Gasteiger partial charge in [0.25, 0.3) is 5.56 Å². The van der Waals surface area contributed by atoms with Crippen LogP contribution in [0.5, 0.6) is 0 Å². The van der Waals surface area contributed by atoms with E-state index in [1.54, 1.807) is 18.3 Å². The predicted molar refractivity (Wildman–Crippen MR) is 105 cm³/mol. The van der Waals surface area contributed by atoms with Crippen LogP contribution in [-0.2, 0) is 17.6 Å². The summed E-state index contributed by atoms with van der Waals surface area (Å²) in [4.78, 5) is 32.1. The van der Waals surface area contributed by atoms with Gasteiger partial charge in [0.15, 0.2) is 0 Å². The zero-order valence-corrected chi connectivity index (χ0v) is 16.0. The van der Waals surface area contributed by atoms with E-state index in [-0.39, 0.29) is 17.3 Å². The Morgan fingerprint density at radius 1 is 1.37 bits per heavy atom. The number of hydrogen-bond donors (Lipinski definition) is 1. The Hall–Kier alpha value is -2.54. The van der Waals surface area contributed by atoms with Crippen LogP contribution < -0.4 is 10.9 Å². The number of aryl methyl sites for hydroxylation is 1. The highest BCUT2D eigenvalue weighted by molar-refractivity contribution is 7.18. The molecule has 4 rings (SSSR count). The first kappa shape index (κ1) is 17.9. The Labute approximate surface area is 159 Å². The Kier molecular flexibility index (Phi) is 4.55. The molecule has 2 heterocycles. The minimum atomic E-state index is -0.725. The normalized spacial score (nSPS) is 17.5. The quantitative estimate of drug-likeness (QED) is 0.743. The molecular formula is C20H20FN3O2S. The van der Waals surface area contributed by atoms with Crippen LogP contribution in [-0.4, -0.2) is 15.5 Å². The third kappa shape index (κ3) is 3.27. The van der Waals surface area contributed by atoms with Crippen molar-refractivity contribution in [2.45, 2.75) is 39.2 Å². The fourth-order valence-electron chi connectivity index (χ4n) is 3.53. The van der Waals surface area contributed by atoms with Crippen LogP contribution in [0.15, 0.2) is 35.4 Å². The van der Waals surface area contributed by atoms with E-state index in [9.17, 15) is 14.0 Å². The maximum absolute atomic E-state index is 13.1. The van der Waals surface area contributed by atoms with Gasteiger partial charge in [0.2, 0.25) is 5.91 Å². The largest absolute Gasteiger partial charge is 0.324 e. The molecule has 2 aromatic heterocycles. The number of nitrogens with zero attached hydrogens (tertiary/aromatic N) is 2. The van der Waals surface area contributed by atoms with Crippen LogP contribution >= 0.6 is 11.3 Å². The number of rotatable bonds is 3. The minimum Gasteiger partial charge on any atom is -0.324 e. The zero-order chi connectivity index (χ0) is 19.1. The average Bonchev–Trinajstić information content (AvgIpc) is 3.01. The highest BCUT2D eigenvalue weighted by Gasteiger charge is 2.25. The van der Waals surface area contributed by atoms with Crippen LogP contribution in [0.2, 0.25) is 0 Å². The van der Waals surface area contributed by atoms with E-state index in [1.165, 1.54) is 40.0 Å². The molecular weight excluding hydrogens is 365 g/mol. The molecule has 0 radical (unpaired) electrons. The highest BCUT2D eigenvalue weighted by Crippen LogP contribution is 2.35. The van der Waals surface area contributed by atoms with E-state index in [2.05, 4.69) is 17.2 Å². The summed E-state index contributed by atoms with van der Waals surface area (Å²) in [7, 11) is 0. The van der Waals surface area contributed by atoms with Gasteiger partial charge in [0, 0.05) is 10.6 Å². The lowest BCUT2D eigenvalue weighted by molar-refractivity contribution is -0.118. The van der Waals surface area contributed by atoms with Gasteiger partial charge < -0.3 is 5.32 Å². The Bertz CT molecular complexity index is 1070. The van der Waals surface area contributed by atoms with Gasteiger partial charge in [-0.3, -0.25) is 14.2 Å². The lowest BCUT2D eigenvalue weighted by Gasteiger charge is -2.18. The number of amides is 1. The standard InChI is InChI=1S/C20H20FN3O2S/c1-11-3-8-15-16(9-11)27-19-17(15)20(26)24(10-22-19)12(2)18(25)23-14-6-4-13(21)5-7-14/h4-7,10-12H,3,8-9H2,1-2H3,(H,23,25)/t11-,12+/m0/s1. The molecule has 0 aliphatic heterocycles. The second kappa shape index (κ2) is 6.88. The van der Waals surface area contributed by atoms with Gasteiger partial charge in [-0.15, -0.1) is 11.3 Å². The second-order valence-corrected chi connectivity index (χ2v) is 8.24. The lowest BCUT2D eigenvalue weighted by Crippen LogP contribution is -2.32. The average molecular weight is 385 g/mol. The Balaban J connectivity index is 1.66. The van der Waals surface area contributed by atoms with Crippen molar-refractivity contribution in [3.63, 3.8) is 0 Å². The SMILES string of the molecule is C[C@H]1CCc2c(sc3ncn([C@H](C)C(=O)Nc4ccc(F)cc4)c(=O)c23)C1. The van der Waals surface area contributed by atoms with Crippen LogP contribution in [0.25, 0.3) is 10.2 Å². The van der Waals surface area contributed by atoms with E-state index >= 15 is 0 Å². The summed E-state index contributed by atoms with van der Waals surface area (Å²) >= 11 is 1.59. The summed E-state index contributed by atoms with van der Waals surface area (Å²) in [6.07, 6.45) is 4.38. The van der Waals surface area contributed by atoms with Crippen molar-refractivity contribution in [3.05, 3.63) is 57.2 Å². The fourth-order valence-corrected chi connectivity index (χ4v) is 4.87. The van der Waals surface area contributed by atoms with Gasteiger partial charge in [-0.25, -0.2) is 9.37 Å². The molecule has 1 amide bonds. The van der Waals surface area contributed by atoms with Gasteiger partial charge in [0.05, 0.1) is 11.7 Å². The monoisotopic (exact) mass is 385 g/mol. The molecule has 3 aromatic rings. The highest BCUT2D eigenvalue weighted by atomic mass is 32.1. The lowest BCUT2D eigenvalue weighted by atomic mass is 9.89. The van der Waals surface area contributed by atoms with Crippen molar-refractivity contribution in [2.75, 3.05) is 5.32 Å². The number of carbonyl (C=O) groups is 1. The van der Waals surface area contributed by atoms with E-state index in [4.69, 9.17) is 0 Å². The number of hydrogen-bond acceptors (Lipinski definition) is 4. The first-order valence-corrected chi connectivity index (χ1v) is 9.83. The Morgan fingerprint density at radius 2 is 2.11 bits per heavy atom. The van der Waals surface area contributed by atoms with Gasteiger partial charge in [0.1, 0.15) is 16.7 Å². The minimum absolute atomic E-state index is 0.172. The summed E-state index contributed by atoms with van der Waals surface area (Å²) in [5, 5.41) is 3.37. The third-order valence-corrected chi connectivity index (χ3v) is 6.31. The summed E-state index contributed by atoms with van der Waals surface area (Å²) in [5.41, 5.74) is 1.41. The third-order valence-electron chi connectivity index (χ3n) is 5.15. The first-order chi connectivity index (χ1) is 12.9. The van der Waals surface area contributed by atoms with Gasteiger partial charge in [-0.2, -0.15) is 0 Å². The summed E-state index contributed by atoms with van der Waals surface area (Å²) in [6, 6.07) is 4.80. The molecule has 27 heavy (non-hydrogen) atoms. The summed E-state index contributed by atoms with van der Waals surface area (Å²) in [5.74, 6) is -0.0979. The van der Waals surface area contributed by atoms with Gasteiger partial charge in [-0.1, -0.05) is 6.92 Å². The van der Waals surface area contributed by atoms with Crippen molar-refractivity contribution >= 4 is 33.1 Å². The molecule has 140 valence electrons. The fraction of sp³-hybridized carbons (Fsp3) is 0.350. The van der Waals surface area contributed by atoms with Crippen molar-refractivity contribution < 1.29 is 9.18 Å². The number of aromatic nitrogens is 2. The van der Waals surface area contributed by atoms with E-state index in [0.29, 0.717) is 17.0 Å². The predicted octanol–water partition coefficient (Wildman–Crippen LogP) is 3.92. The molecule has 0 saturated heterocycles. The van der Waals surface area contributed by atoms with Gasteiger partial charge in [-0.05, 0) is 61.9 Å². The maximum atomic E-state index is 13.1. The molecule has 1 aromatic carbocycles. The van der Waals surface area contributed by atoms with Crippen LogP contribution in [0, 0.1) is 11.7 Å². The summed E-state index contributed by atoms with van der Waals surface area (Å²) < 4.78 is 14.4. The molecule has 1 aliphatic rings.